The van der Waals surface area contributed by atoms with Gasteiger partial charge in [-0.1, -0.05) is 30.3 Å². The molecule has 0 radical (unpaired) electrons. The summed E-state index contributed by atoms with van der Waals surface area (Å²) in [5.74, 6) is -0.437. The molecule has 2 atom stereocenters. The maximum Gasteiger partial charge on any atom is 0.320 e. The van der Waals surface area contributed by atoms with Crippen molar-refractivity contribution in [2.24, 2.45) is 5.92 Å². The predicted molar refractivity (Wildman–Crippen MR) is 62.3 cm³/mol. The Morgan fingerprint density at radius 2 is 2.12 bits per heavy atom. The minimum absolute atomic E-state index is 0.276. The number of hydrogen-bond donors (Lipinski definition) is 2. The molecule has 1 saturated heterocycles. The molecule has 1 aromatic carbocycles. The van der Waals surface area contributed by atoms with Crippen LogP contribution in [0.15, 0.2) is 30.3 Å². The van der Waals surface area contributed by atoms with Crippen LogP contribution < -0.4 is 5.32 Å². The molecule has 1 aliphatic heterocycles. The van der Waals surface area contributed by atoms with Crippen LogP contribution in [0.3, 0.4) is 0 Å². The van der Waals surface area contributed by atoms with Crippen molar-refractivity contribution < 1.29 is 9.90 Å². The summed E-state index contributed by atoms with van der Waals surface area (Å²) in [5, 5.41) is 12.1. The Morgan fingerprint density at radius 3 is 2.81 bits per heavy atom. The maximum atomic E-state index is 11.0. The summed E-state index contributed by atoms with van der Waals surface area (Å²) >= 11 is 0. The normalized spacial score (nSPS) is 24.5. The van der Waals surface area contributed by atoms with E-state index in [4.69, 9.17) is 5.11 Å². The van der Waals surface area contributed by atoms with Crippen LogP contribution in [-0.4, -0.2) is 23.7 Å². The second-order valence-corrected chi connectivity index (χ2v) is 4.34. The average molecular weight is 219 g/mol. The van der Waals surface area contributed by atoms with Gasteiger partial charge in [0.1, 0.15) is 6.04 Å². The molecule has 86 valence electrons. The molecule has 0 unspecified atom stereocenters. The number of carboxylic acid groups (broad SMARTS) is 1. The highest BCUT2D eigenvalue weighted by atomic mass is 16.4. The molecular formula is C13H17NO2. The molecule has 2 N–H and O–H groups in total. The Hall–Kier alpha value is -1.35. The quantitative estimate of drug-likeness (QED) is 0.810. The van der Waals surface area contributed by atoms with Crippen LogP contribution in [0.25, 0.3) is 0 Å². The SMILES string of the molecule is O=C(O)[C@@H]1NCC[C@H]1CCc1ccccc1. The van der Waals surface area contributed by atoms with E-state index in [1.807, 2.05) is 18.2 Å². The first-order valence-corrected chi connectivity index (χ1v) is 5.77. The number of aryl methyl sites for hydroxylation is 1. The molecule has 0 aromatic heterocycles. The molecule has 0 amide bonds. The zero-order chi connectivity index (χ0) is 11.4. The van der Waals surface area contributed by atoms with Gasteiger partial charge in [-0.05, 0) is 37.3 Å². The first-order chi connectivity index (χ1) is 7.77. The van der Waals surface area contributed by atoms with Crippen LogP contribution in [0, 0.1) is 5.92 Å². The minimum Gasteiger partial charge on any atom is -0.480 e. The van der Waals surface area contributed by atoms with Crippen LogP contribution in [0.4, 0.5) is 0 Å². The van der Waals surface area contributed by atoms with E-state index in [1.165, 1.54) is 5.56 Å². The fourth-order valence-electron chi connectivity index (χ4n) is 2.35. The third-order valence-electron chi connectivity index (χ3n) is 3.26. The lowest BCUT2D eigenvalue weighted by Gasteiger charge is -2.15. The number of rotatable bonds is 4. The lowest BCUT2D eigenvalue weighted by Crippen LogP contribution is -2.35. The standard InChI is InChI=1S/C13H17NO2/c15-13(16)12-11(8-9-14-12)7-6-10-4-2-1-3-5-10/h1-5,11-12,14H,6-9H2,(H,15,16)/t11-,12-/m1/s1. The van der Waals surface area contributed by atoms with Gasteiger partial charge in [0.25, 0.3) is 0 Å². The van der Waals surface area contributed by atoms with Crippen molar-refractivity contribution in [3.63, 3.8) is 0 Å². The minimum atomic E-state index is -0.712. The van der Waals surface area contributed by atoms with Crippen molar-refractivity contribution in [1.29, 1.82) is 0 Å². The van der Waals surface area contributed by atoms with Crippen molar-refractivity contribution >= 4 is 5.97 Å². The molecule has 1 fully saturated rings. The van der Waals surface area contributed by atoms with Gasteiger partial charge in [0.05, 0.1) is 0 Å². The summed E-state index contributed by atoms with van der Waals surface area (Å²) in [6.45, 7) is 0.830. The smallest absolute Gasteiger partial charge is 0.320 e. The van der Waals surface area contributed by atoms with Crippen LogP contribution in [0.2, 0.25) is 0 Å². The predicted octanol–water partition coefficient (Wildman–Crippen LogP) is 1.68. The summed E-state index contributed by atoms with van der Waals surface area (Å²) in [6.07, 6.45) is 2.90. The molecule has 0 aliphatic carbocycles. The monoisotopic (exact) mass is 219 g/mol. The second-order valence-electron chi connectivity index (χ2n) is 4.34. The summed E-state index contributed by atoms with van der Waals surface area (Å²) < 4.78 is 0. The van der Waals surface area contributed by atoms with Gasteiger partial charge in [0, 0.05) is 0 Å². The number of benzene rings is 1. The van der Waals surface area contributed by atoms with E-state index in [9.17, 15) is 4.79 Å². The van der Waals surface area contributed by atoms with Gasteiger partial charge in [-0.2, -0.15) is 0 Å². The largest absolute Gasteiger partial charge is 0.480 e. The van der Waals surface area contributed by atoms with E-state index >= 15 is 0 Å². The fourth-order valence-corrected chi connectivity index (χ4v) is 2.35. The number of hydrogen-bond acceptors (Lipinski definition) is 2. The summed E-state index contributed by atoms with van der Waals surface area (Å²) in [6, 6.07) is 9.90. The highest BCUT2D eigenvalue weighted by Gasteiger charge is 2.31. The Labute approximate surface area is 95.5 Å². The maximum absolute atomic E-state index is 11.0. The van der Waals surface area contributed by atoms with E-state index in [-0.39, 0.29) is 12.0 Å². The Bertz CT molecular complexity index is 350. The lowest BCUT2D eigenvalue weighted by atomic mass is 9.93. The van der Waals surface area contributed by atoms with Crippen LogP contribution in [0.1, 0.15) is 18.4 Å². The zero-order valence-electron chi connectivity index (χ0n) is 9.23. The van der Waals surface area contributed by atoms with E-state index < -0.39 is 5.97 Å². The number of carboxylic acids is 1. The van der Waals surface area contributed by atoms with Crippen LogP contribution in [0.5, 0.6) is 0 Å². The highest BCUT2D eigenvalue weighted by molar-refractivity contribution is 5.74. The highest BCUT2D eigenvalue weighted by Crippen LogP contribution is 2.21. The first-order valence-electron chi connectivity index (χ1n) is 5.77. The van der Waals surface area contributed by atoms with Gasteiger partial charge in [-0.3, -0.25) is 4.79 Å². The molecule has 1 aliphatic rings. The molecule has 1 aromatic rings. The average Bonchev–Trinajstić information content (AvgIpc) is 2.76. The van der Waals surface area contributed by atoms with E-state index in [2.05, 4.69) is 17.4 Å². The van der Waals surface area contributed by atoms with Crippen molar-refractivity contribution in [3.8, 4) is 0 Å². The summed E-state index contributed by atoms with van der Waals surface area (Å²) in [5.41, 5.74) is 1.29. The Morgan fingerprint density at radius 1 is 1.38 bits per heavy atom. The van der Waals surface area contributed by atoms with Crippen LogP contribution in [-0.2, 0) is 11.2 Å². The number of nitrogens with one attached hydrogen (secondary N) is 1. The van der Waals surface area contributed by atoms with Gasteiger partial charge >= 0.3 is 5.97 Å². The molecule has 3 heteroatoms. The van der Waals surface area contributed by atoms with Crippen LogP contribution >= 0.6 is 0 Å². The molecule has 2 rings (SSSR count). The van der Waals surface area contributed by atoms with Crippen molar-refractivity contribution in [2.75, 3.05) is 6.54 Å². The van der Waals surface area contributed by atoms with Gasteiger partial charge in [-0.25, -0.2) is 0 Å². The lowest BCUT2D eigenvalue weighted by molar-refractivity contribution is -0.140. The molecule has 3 nitrogen and oxygen atoms in total. The van der Waals surface area contributed by atoms with Crippen molar-refractivity contribution in [3.05, 3.63) is 35.9 Å². The van der Waals surface area contributed by atoms with Gasteiger partial charge in [0.15, 0.2) is 0 Å². The molecule has 1 heterocycles. The molecule has 0 spiro atoms. The zero-order valence-corrected chi connectivity index (χ0v) is 9.23. The number of aliphatic carboxylic acids is 1. The third kappa shape index (κ3) is 2.61. The van der Waals surface area contributed by atoms with Gasteiger partial charge in [-0.15, -0.1) is 0 Å². The second kappa shape index (κ2) is 5.12. The van der Waals surface area contributed by atoms with E-state index in [1.54, 1.807) is 0 Å². The Balaban J connectivity index is 1.88. The van der Waals surface area contributed by atoms with Gasteiger partial charge in [0.2, 0.25) is 0 Å². The molecular weight excluding hydrogens is 202 g/mol. The third-order valence-corrected chi connectivity index (χ3v) is 3.26. The summed E-state index contributed by atoms with van der Waals surface area (Å²) in [7, 11) is 0. The topological polar surface area (TPSA) is 49.3 Å². The first kappa shape index (κ1) is 11.1. The van der Waals surface area contributed by atoms with E-state index in [0.717, 1.165) is 25.8 Å². The van der Waals surface area contributed by atoms with Gasteiger partial charge < -0.3 is 10.4 Å². The fraction of sp³-hybridized carbons (Fsp3) is 0.462. The van der Waals surface area contributed by atoms with E-state index in [0.29, 0.717) is 0 Å². The van der Waals surface area contributed by atoms with Crippen molar-refractivity contribution in [2.45, 2.75) is 25.3 Å². The molecule has 16 heavy (non-hydrogen) atoms. The summed E-state index contributed by atoms with van der Waals surface area (Å²) in [4.78, 5) is 11.0. The van der Waals surface area contributed by atoms with Crippen molar-refractivity contribution in [1.82, 2.24) is 5.32 Å². The Kier molecular flexibility index (Phi) is 3.57. The molecule has 0 bridgehead atoms. The number of carbonyl (C=O) groups is 1. The molecule has 0 saturated carbocycles.